The number of hydrogen-bond acceptors (Lipinski definition) is 5. The van der Waals surface area contributed by atoms with E-state index in [4.69, 9.17) is 4.42 Å². The second-order valence-corrected chi connectivity index (χ2v) is 8.23. The van der Waals surface area contributed by atoms with Gasteiger partial charge in [0.05, 0.1) is 18.5 Å². The maximum absolute atomic E-state index is 13.2. The molecule has 2 bridgehead atoms. The molecule has 1 amide bonds. The van der Waals surface area contributed by atoms with Gasteiger partial charge in [-0.2, -0.15) is 5.10 Å². The van der Waals surface area contributed by atoms with Crippen LogP contribution in [0.1, 0.15) is 35.5 Å². The Bertz CT molecular complexity index is 1120. The smallest absolute Gasteiger partial charge is 0.251 e. The Morgan fingerprint density at radius 1 is 1.26 bits per heavy atom. The third-order valence-electron chi connectivity index (χ3n) is 6.19. The number of carbonyl (C=O) groups is 1. The molecule has 0 aliphatic carbocycles. The molecular formula is C23H25N5O3. The van der Waals surface area contributed by atoms with E-state index in [0.29, 0.717) is 6.54 Å². The standard InChI is InChI=1S/C23H25N5O3/c29-21-7-1-6-20-16-12-17(15-27(14-16)10-2-4-19-5-3-11-31-19)22(28(20)21)23(30)24-13-18-8-9-25-26-18/h1-9,11,16-17,22H,10,12-15H2,(H,24,30)(H,25,26)/b4-2+/t16-,17+,22+/m0/s1. The van der Waals surface area contributed by atoms with Crippen molar-refractivity contribution >= 4 is 12.0 Å². The van der Waals surface area contributed by atoms with Gasteiger partial charge in [0.2, 0.25) is 5.91 Å². The predicted octanol–water partition coefficient (Wildman–Crippen LogP) is 2.15. The highest BCUT2D eigenvalue weighted by molar-refractivity contribution is 5.81. The largest absolute Gasteiger partial charge is 0.465 e. The van der Waals surface area contributed by atoms with E-state index in [1.54, 1.807) is 29.2 Å². The van der Waals surface area contributed by atoms with Crippen LogP contribution in [0.5, 0.6) is 0 Å². The summed E-state index contributed by atoms with van der Waals surface area (Å²) in [4.78, 5) is 28.3. The van der Waals surface area contributed by atoms with Gasteiger partial charge in [0.15, 0.2) is 0 Å². The number of aromatic nitrogens is 3. The molecule has 2 aliphatic rings. The van der Waals surface area contributed by atoms with Gasteiger partial charge in [0.1, 0.15) is 11.8 Å². The van der Waals surface area contributed by atoms with Crippen molar-refractivity contribution in [1.82, 2.24) is 25.0 Å². The van der Waals surface area contributed by atoms with Crippen LogP contribution in [0.3, 0.4) is 0 Å². The van der Waals surface area contributed by atoms with Crippen molar-refractivity contribution in [3.63, 3.8) is 0 Å². The Morgan fingerprint density at radius 3 is 3.00 bits per heavy atom. The first-order valence-corrected chi connectivity index (χ1v) is 10.6. The van der Waals surface area contributed by atoms with Crippen LogP contribution in [0.25, 0.3) is 6.08 Å². The van der Waals surface area contributed by atoms with Gasteiger partial charge >= 0.3 is 0 Å². The van der Waals surface area contributed by atoms with E-state index in [9.17, 15) is 9.59 Å². The summed E-state index contributed by atoms with van der Waals surface area (Å²) < 4.78 is 7.08. The number of fused-ring (bicyclic) bond motifs is 4. The molecule has 8 heteroatoms. The Hall–Kier alpha value is -3.39. The minimum atomic E-state index is -0.514. The molecule has 3 atom stereocenters. The highest BCUT2D eigenvalue weighted by Crippen LogP contribution is 2.41. The molecule has 0 radical (unpaired) electrons. The van der Waals surface area contributed by atoms with Gasteiger partial charge < -0.3 is 9.73 Å². The quantitative estimate of drug-likeness (QED) is 0.638. The zero-order valence-electron chi connectivity index (χ0n) is 17.1. The molecule has 160 valence electrons. The Balaban J connectivity index is 1.37. The van der Waals surface area contributed by atoms with Gasteiger partial charge in [0, 0.05) is 49.4 Å². The molecule has 1 saturated heterocycles. The van der Waals surface area contributed by atoms with E-state index >= 15 is 0 Å². The average molecular weight is 419 g/mol. The van der Waals surface area contributed by atoms with Crippen LogP contribution in [0.4, 0.5) is 0 Å². The molecule has 5 rings (SSSR count). The summed E-state index contributed by atoms with van der Waals surface area (Å²) in [5, 5.41) is 9.76. The van der Waals surface area contributed by atoms with Gasteiger partial charge in [-0.1, -0.05) is 12.1 Å². The number of furan rings is 1. The summed E-state index contributed by atoms with van der Waals surface area (Å²) in [6.07, 6.45) is 8.28. The lowest BCUT2D eigenvalue weighted by molar-refractivity contribution is -0.127. The molecule has 31 heavy (non-hydrogen) atoms. The number of aromatic amines is 1. The molecular weight excluding hydrogens is 394 g/mol. The van der Waals surface area contributed by atoms with E-state index in [1.165, 1.54) is 0 Å². The van der Waals surface area contributed by atoms with E-state index in [0.717, 1.165) is 43.2 Å². The number of piperidine rings is 1. The predicted molar refractivity (Wildman–Crippen MR) is 115 cm³/mol. The maximum atomic E-state index is 13.2. The lowest BCUT2D eigenvalue weighted by atomic mass is 9.78. The first-order valence-electron chi connectivity index (χ1n) is 10.6. The number of amides is 1. The average Bonchev–Trinajstić information content (AvgIpc) is 3.47. The fourth-order valence-corrected chi connectivity index (χ4v) is 4.89. The van der Waals surface area contributed by atoms with Crippen molar-refractivity contribution in [3.8, 4) is 0 Å². The highest BCUT2D eigenvalue weighted by Gasteiger charge is 2.43. The summed E-state index contributed by atoms with van der Waals surface area (Å²) in [6.45, 7) is 2.76. The number of carbonyl (C=O) groups excluding carboxylic acids is 1. The molecule has 3 aromatic rings. The number of H-pyrrole nitrogens is 1. The lowest BCUT2D eigenvalue weighted by Gasteiger charge is -2.46. The number of pyridine rings is 1. The lowest BCUT2D eigenvalue weighted by Crippen LogP contribution is -2.53. The monoisotopic (exact) mass is 419 g/mol. The fraction of sp³-hybridized carbons (Fsp3) is 0.348. The van der Waals surface area contributed by atoms with Crippen molar-refractivity contribution in [3.05, 3.63) is 82.4 Å². The number of nitrogens with one attached hydrogen (secondary N) is 2. The number of hydrogen-bond donors (Lipinski definition) is 2. The second-order valence-electron chi connectivity index (χ2n) is 8.23. The summed E-state index contributed by atoms with van der Waals surface area (Å²) in [7, 11) is 0. The van der Waals surface area contributed by atoms with Crippen LogP contribution < -0.4 is 10.9 Å². The molecule has 2 aliphatic heterocycles. The van der Waals surface area contributed by atoms with E-state index in [2.05, 4.69) is 26.5 Å². The zero-order chi connectivity index (χ0) is 21.2. The maximum Gasteiger partial charge on any atom is 0.251 e. The summed E-state index contributed by atoms with van der Waals surface area (Å²) in [6, 6.07) is 10.4. The first-order chi connectivity index (χ1) is 15.2. The molecule has 2 N–H and O–H groups in total. The fourth-order valence-electron chi connectivity index (χ4n) is 4.89. The van der Waals surface area contributed by atoms with Crippen LogP contribution in [-0.2, 0) is 11.3 Å². The molecule has 0 spiro atoms. The van der Waals surface area contributed by atoms with Gasteiger partial charge in [-0.3, -0.25) is 24.2 Å². The van der Waals surface area contributed by atoms with Crippen molar-refractivity contribution in [2.45, 2.75) is 24.9 Å². The van der Waals surface area contributed by atoms with Crippen molar-refractivity contribution in [2.75, 3.05) is 19.6 Å². The topological polar surface area (TPSA) is 96.2 Å². The summed E-state index contributed by atoms with van der Waals surface area (Å²) >= 11 is 0. The molecule has 0 aromatic carbocycles. The molecule has 5 heterocycles. The van der Waals surface area contributed by atoms with Crippen LogP contribution >= 0.6 is 0 Å². The SMILES string of the molecule is O=C(NCc1ccn[nH]1)[C@H]1[C@@H]2C[C@@H](CN(C/C=C/c3ccco3)C2)c2cccc(=O)n21. The van der Waals surface area contributed by atoms with Crippen molar-refractivity contribution < 1.29 is 9.21 Å². The van der Waals surface area contributed by atoms with Crippen molar-refractivity contribution in [2.24, 2.45) is 5.92 Å². The number of nitrogens with zero attached hydrogens (tertiary/aromatic N) is 3. The first kappa shape index (κ1) is 19.6. The molecule has 8 nitrogen and oxygen atoms in total. The summed E-state index contributed by atoms with van der Waals surface area (Å²) in [5.74, 6) is 1.01. The van der Waals surface area contributed by atoms with Gasteiger partial charge in [-0.25, -0.2) is 0 Å². The van der Waals surface area contributed by atoms with Gasteiger partial charge in [-0.05, 0) is 36.8 Å². The minimum Gasteiger partial charge on any atom is -0.465 e. The zero-order valence-corrected chi connectivity index (χ0v) is 17.1. The second kappa shape index (κ2) is 8.39. The Labute approximate surface area is 179 Å². The highest BCUT2D eigenvalue weighted by atomic mass is 16.3. The van der Waals surface area contributed by atoms with Crippen molar-refractivity contribution in [1.29, 1.82) is 0 Å². The number of likely N-dealkylation sites (tertiary alicyclic amines) is 1. The third-order valence-corrected chi connectivity index (χ3v) is 6.19. The van der Waals surface area contributed by atoms with Crippen LogP contribution in [-0.4, -0.2) is 45.2 Å². The van der Waals surface area contributed by atoms with Gasteiger partial charge in [0.25, 0.3) is 5.56 Å². The van der Waals surface area contributed by atoms with E-state index < -0.39 is 6.04 Å². The van der Waals surface area contributed by atoms with Gasteiger partial charge in [-0.15, -0.1) is 0 Å². The molecule has 0 unspecified atom stereocenters. The Kier molecular flexibility index (Phi) is 5.30. The molecule has 0 saturated carbocycles. The minimum absolute atomic E-state index is 0.0742. The normalized spacial score (nSPS) is 23.0. The van der Waals surface area contributed by atoms with Crippen LogP contribution in [0.15, 0.2) is 64.1 Å². The summed E-state index contributed by atoms with van der Waals surface area (Å²) in [5.41, 5.74) is 1.67. The van der Waals surface area contributed by atoms with Crippen LogP contribution in [0, 0.1) is 5.92 Å². The van der Waals surface area contributed by atoms with E-state index in [1.807, 2.05) is 30.3 Å². The molecule has 1 fully saturated rings. The Morgan fingerprint density at radius 2 is 2.19 bits per heavy atom. The number of rotatable bonds is 6. The van der Waals surface area contributed by atoms with Crippen LogP contribution in [0.2, 0.25) is 0 Å². The van der Waals surface area contributed by atoms with E-state index in [-0.39, 0.29) is 23.3 Å². The third kappa shape index (κ3) is 3.98. The molecule has 3 aromatic heterocycles.